The highest BCUT2D eigenvalue weighted by molar-refractivity contribution is 5.80. The highest BCUT2D eigenvalue weighted by atomic mass is 16.5. The van der Waals surface area contributed by atoms with Crippen LogP contribution in [-0.4, -0.2) is 49.8 Å². The predicted molar refractivity (Wildman–Crippen MR) is 76.6 cm³/mol. The Morgan fingerprint density at radius 3 is 2.90 bits per heavy atom. The van der Waals surface area contributed by atoms with E-state index in [1.165, 1.54) is 0 Å². The smallest absolute Gasteiger partial charge is 0.237 e. The Morgan fingerprint density at radius 2 is 2.24 bits per heavy atom. The van der Waals surface area contributed by atoms with Gasteiger partial charge in [0.25, 0.3) is 0 Å². The van der Waals surface area contributed by atoms with Gasteiger partial charge in [0.05, 0.1) is 25.7 Å². The fourth-order valence-electron chi connectivity index (χ4n) is 2.24. The van der Waals surface area contributed by atoms with Gasteiger partial charge in [-0.15, -0.1) is 0 Å². The summed E-state index contributed by atoms with van der Waals surface area (Å²) in [5, 5.41) is 8.61. The second-order valence-corrected chi connectivity index (χ2v) is 4.86. The average molecular weight is 289 g/mol. The van der Waals surface area contributed by atoms with Crippen molar-refractivity contribution in [2.45, 2.75) is 12.5 Å². The average Bonchev–Trinajstić information content (AvgIpc) is 2.50. The van der Waals surface area contributed by atoms with E-state index in [4.69, 9.17) is 20.5 Å². The van der Waals surface area contributed by atoms with E-state index in [1.807, 2.05) is 29.2 Å². The van der Waals surface area contributed by atoms with Crippen LogP contribution in [0.2, 0.25) is 0 Å². The zero-order valence-corrected chi connectivity index (χ0v) is 11.8. The van der Waals surface area contributed by atoms with Gasteiger partial charge in [-0.25, -0.2) is 0 Å². The molecule has 2 rings (SSSR count). The minimum absolute atomic E-state index is 0.345. The second kappa shape index (κ2) is 7.62. The zero-order chi connectivity index (χ0) is 15.1. The lowest BCUT2D eigenvalue weighted by Crippen LogP contribution is -2.53. The number of amides is 1. The van der Waals surface area contributed by atoms with Crippen molar-refractivity contribution in [3.63, 3.8) is 0 Å². The van der Waals surface area contributed by atoms with Crippen LogP contribution in [0.5, 0.6) is 5.75 Å². The normalized spacial score (nSPS) is 18.9. The summed E-state index contributed by atoms with van der Waals surface area (Å²) in [6.45, 7) is 2.72. The predicted octanol–water partition coefficient (Wildman–Crippen LogP) is 0.318. The molecule has 0 saturated carbocycles. The van der Waals surface area contributed by atoms with Crippen LogP contribution in [0.4, 0.5) is 0 Å². The van der Waals surface area contributed by atoms with Gasteiger partial charge < -0.3 is 15.2 Å². The molecule has 0 radical (unpaired) electrons. The molecule has 1 heterocycles. The van der Waals surface area contributed by atoms with Crippen molar-refractivity contribution in [1.29, 1.82) is 5.26 Å². The van der Waals surface area contributed by atoms with Crippen LogP contribution < -0.4 is 10.5 Å². The Bertz CT molecular complexity index is 510. The number of morpholine rings is 1. The van der Waals surface area contributed by atoms with E-state index in [9.17, 15) is 4.79 Å². The molecule has 1 unspecified atom stereocenters. The lowest BCUT2D eigenvalue weighted by molar-refractivity contribution is -0.129. The van der Waals surface area contributed by atoms with Gasteiger partial charge in [-0.2, -0.15) is 5.26 Å². The summed E-state index contributed by atoms with van der Waals surface area (Å²) < 4.78 is 10.9. The van der Waals surface area contributed by atoms with E-state index in [0.29, 0.717) is 39.3 Å². The number of nitrogens with zero attached hydrogens (tertiary/aromatic N) is 2. The van der Waals surface area contributed by atoms with E-state index in [1.54, 1.807) is 0 Å². The van der Waals surface area contributed by atoms with Gasteiger partial charge in [-0.1, -0.05) is 12.1 Å². The first kappa shape index (κ1) is 15.3. The number of carbonyl (C=O) groups is 1. The monoisotopic (exact) mass is 289 g/mol. The Labute approximate surface area is 124 Å². The largest absolute Gasteiger partial charge is 0.492 e. The number of hydrogen-bond donors (Lipinski definition) is 1. The van der Waals surface area contributed by atoms with Gasteiger partial charge in [0.2, 0.25) is 5.91 Å². The molecule has 0 aromatic heterocycles. The second-order valence-electron chi connectivity index (χ2n) is 4.86. The molecule has 1 aliphatic heterocycles. The summed E-state index contributed by atoms with van der Waals surface area (Å²) in [4.78, 5) is 13.3. The van der Waals surface area contributed by atoms with Crippen LogP contribution >= 0.6 is 0 Å². The van der Waals surface area contributed by atoms with Gasteiger partial charge in [0, 0.05) is 13.1 Å². The molecule has 1 amide bonds. The molecule has 1 aromatic rings. The quantitative estimate of drug-likeness (QED) is 0.814. The number of hydrogen-bond acceptors (Lipinski definition) is 5. The Balaban J connectivity index is 1.80. The molecule has 1 fully saturated rings. The molecule has 0 aliphatic carbocycles. The number of rotatable bonds is 6. The first-order valence-electron chi connectivity index (χ1n) is 6.90. The zero-order valence-electron chi connectivity index (χ0n) is 11.8. The molecule has 1 aliphatic rings. The standard InChI is InChI=1S/C15H19N3O3/c16-6-5-12-1-3-13(4-2-12)21-10-8-18-7-9-20-11-14(18)15(17)19/h1-4,14H,5,7-11H2,(H2,17,19). The topological polar surface area (TPSA) is 88.6 Å². The number of nitriles is 1. The number of carbonyl (C=O) groups excluding carboxylic acids is 1. The molecule has 2 N–H and O–H groups in total. The fourth-order valence-corrected chi connectivity index (χ4v) is 2.24. The van der Waals surface area contributed by atoms with Crippen molar-refractivity contribution in [3.05, 3.63) is 29.8 Å². The van der Waals surface area contributed by atoms with E-state index >= 15 is 0 Å². The molecule has 1 atom stereocenters. The summed E-state index contributed by atoms with van der Waals surface area (Å²) in [6.07, 6.45) is 0.397. The molecule has 1 aromatic carbocycles. The molecule has 0 spiro atoms. The van der Waals surface area contributed by atoms with E-state index in [2.05, 4.69) is 6.07 Å². The van der Waals surface area contributed by atoms with Crippen molar-refractivity contribution >= 4 is 5.91 Å². The van der Waals surface area contributed by atoms with Crippen molar-refractivity contribution in [3.8, 4) is 11.8 Å². The number of ether oxygens (including phenoxy) is 2. The maximum Gasteiger partial charge on any atom is 0.237 e. The van der Waals surface area contributed by atoms with Crippen LogP contribution in [0, 0.1) is 11.3 Å². The Morgan fingerprint density at radius 1 is 1.48 bits per heavy atom. The van der Waals surface area contributed by atoms with Gasteiger partial charge in [-0.3, -0.25) is 9.69 Å². The van der Waals surface area contributed by atoms with Gasteiger partial charge in [0.15, 0.2) is 0 Å². The third-order valence-electron chi connectivity index (χ3n) is 3.42. The van der Waals surface area contributed by atoms with Crippen LogP contribution in [0.1, 0.15) is 5.56 Å². The SMILES string of the molecule is N#CCc1ccc(OCCN2CCOCC2C(N)=O)cc1. The minimum atomic E-state index is -0.375. The van der Waals surface area contributed by atoms with Crippen molar-refractivity contribution in [2.75, 3.05) is 32.9 Å². The number of benzene rings is 1. The first-order chi connectivity index (χ1) is 10.2. The maximum absolute atomic E-state index is 11.3. The summed E-state index contributed by atoms with van der Waals surface area (Å²) >= 11 is 0. The molecule has 6 nitrogen and oxygen atoms in total. The summed E-state index contributed by atoms with van der Waals surface area (Å²) in [6, 6.07) is 9.17. The van der Waals surface area contributed by atoms with Crippen LogP contribution in [0.25, 0.3) is 0 Å². The van der Waals surface area contributed by atoms with Gasteiger partial charge >= 0.3 is 0 Å². The summed E-state index contributed by atoms with van der Waals surface area (Å²) in [7, 11) is 0. The number of nitrogens with two attached hydrogens (primary N) is 1. The third kappa shape index (κ3) is 4.45. The Kier molecular flexibility index (Phi) is 5.55. The molecule has 112 valence electrons. The van der Waals surface area contributed by atoms with Gasteiger partial charge in [0.1, 0.15) is 18.4 Å². The summed E-state index contributed by atoms with van der Waals surface area (Å²) in [5.74, 6) is 0.385. The lowest BCUT2D eigenvalue weighted by Gasteiger charge is -2.33. The first-order valence-corrected chi connectivity index (χ1v) is 6.90. The maximum atomic E-state index is 11.3. The molecule has 21 heavy (non-hydrogen) atoms. The minimum Gasteiger partial charge on any atom is -0.492 e. The van der Waals surface area contributed by atoms with E-state index in [-0.39, 0.29) is 11.9 Å². The molecular formula is C15H19N3O3. The van der Waals surface area contributed by atoms with Crippen LogP contribution in [0.15, 0.2) is 24.3 Å². The fraction of sp³-hybridized carbons (Fsp3) is 0.467. The molecule has 1 saturated heterocycles. The molecular weight excluding hydrogens is 270 g/mol. The number of primary amides is 1. The molecule has 0 bridgehead atoms. The van der Waals surface area contributed by atoms with Crippen molar-refractivity contribution < 1.29 is 14.3 Å². The van der Waals surface area contributed by atoms with Gasteiger partial charge in [-0.05, 0) is 17.7 Å². The summed E-state index contributed by atoms with van der Waals surface area (Å²) in [5.41, 5.74) is 6.32. The third-order valence-corrected chi connectivity index (χ3v) is 3.42. The van der Waals surface area contributed by atoms with Crippen molar-refractivity contribution in [2.24, 2.45) is 5.73 Å². The highest BCUT2D eigenvalue weighted by Gasteiger charge is 2.27. The van der Waals surface area contributed by atoms with Crippen LogP contribution in [-0.2, 0) is 16.0 Å². The van der Waals surface area contributed by atoms with E-state index < -0.39 is 0 Å². The lowest BCUT2D eigenvalue weighted by atomic mass is 10.2. The highest BCUT2D eigenvalue weighted by Crippen LogP contribution is 2.13. The van der Waals surface area contributed by atoms with Crippen LogP contribution in [0.3, 0.4) is 0 Å². The Hall–Kier alpha value is -2.10. The molecule has 6 heteroatoms. The van der Waals surface area contributed by atoms with Crippen molar-refractivity contribution in [1.82, 2.24) is 4.90 Å². The van der Waals surface area contributed by atoms with E-state index in [0.717, 1.165) is 11.3 Å².